The van der Waals surface area contributed by atoms with E-state index >= 15 is 0 Å². The molecular formula is C19H21ClN2O2S. The molecule has 4 nitrogen and oxygen atoms in total. The van der Waals surface area contributed by atoms with Crippen LogP contribution in [0.25, 0.3) is 10.4 Å². The van der Waals surface area contributed by atoms with Gasteiger partial charge in [0.2, 0.25) is 5.91 Å². The van der Waals surface area contributed by atoms with Crippen LogP contribution >= 0.6 is 22.9 Å². The van der Waals surface area contributed by atoms with Crippen molar-refractivity contribution in [3.05, 3.63) is 45.8 Å². The van der Waals surface area contributed by atoms with Crippen LogP contribution in [0.3, 0.4) is 0 Å². The Morgan fingerprint density at radius 3 is 2.84 bits per heavy atom. The third kappa shape index (κ3) is 3.88. The predicted octanol–water partition coefficient (Wildman–Crippen LogP) is 3.98. The third-order valence-corrected chi connectivity index (χ3v) is 6.05. The van der Waals surface area contributed by atoms with Crippen molar-refractivity contribution in [2.75, 3.05) is 20.1 Å². The maximum Gasteiger partial charge on any atom is 0.263 e. The topological polar surface area (TPSA) is 49.4 Å². The van der Waals surface area contributed by atoms with Crippen LogP contribution in [0.15, 0.2) is 30.3 Å². The first-order chi connectivity index (χ1) is 12.0. The Labute approximate surface area is 156 Å². The van der Waals surface area contributed by atoms with E-state index in [0.29, 0.717) is 23.0 Å². The zero-order valence-corrected chi connectivity index (χ0v) is 15.9. The molecule has 1 aromatic carbocycles. The molecule has 2 heterocycles. The summed E-state index contributed by atoms with van der Waals surface area (Å²) in [6.07, 6.45) is 1.69. The second-order valence-electron chi connectivity index (χ2n) is 6.34. The molecular weight excluding hydrogens is 356 g/mol. The zero-order valence-electron chi connectivity index (χ0n) is 14.3. The van der Waals surface area contributed by atoms with E-state index in [1.807, 2.05) is 37.3 Å². The van der Waals surface area contributed by atoms with Crippen molar-refractivity contribution >= 4 is 34.8 Å². The molecule has 0 bridgehead atoms. The number of rotatable bonds is 3. The van der Waals surface area contributed by atoms with Crippen LogP contribution in [0, 0.1) is 12.8 Å². The SMILES string of the molecule is CNC(=O)C1CCCN(C(=O)c2cc(C)c(-c3cccc(Cl)c3)s2)C1. The summed E-state index contributed by atoms with van der Waals surface area (Å²) in [5.74, 6) is -0.0920. The lowest BCUT2D eigenvalue weighted by Gasteiger charge is -2.31. The molecule has 0 spiro atoms. The number of hydrogen-bond acceptors (Lipinski definition) is 3. The summed E-state index contributed by atoms with van der Waals surface area (Å²) in [5, 5.41) is 3.37. The van der Waals surface area contributed by atoms with Gasteiger partial charge in [-0.2, -0.15) is 0 Å². The first-order valence-corrected chi connectivity index (χ1v) is 9.56. The number of nitrogens with one attached hydrogen (secondary N) is 1. The summed E-state index contributed by atoms with van der Waals surface area (Å²) in [6, 6.07) is 9.61. The number of benzene rings is 1. The predicted molar refractivity (Wildman–Crippen MR) is 102 cm³/mol. The van der Waals surface area contributed by atoms with Crippen molar-refractivity contribution in [2.45, 2.75) is 19.8 Å². The Kier molecular flexibility index (Phi) is 5.45. The molecule has 25 heavy (non-hydrogen) atoms. The summed E-state index contributed by atoms with van der Waals surface area (Å²) in [5.41, 5.74) is 2.09. The number of piperidine rings is 1. The van der Waals surface area contributed by atoms with Gasteiger partial charge in [-0.3, -0.25) is 9.59 Å². The zero-order chi connectivity index (χ0) is 18.0. The van der Waals surface area contributed by atoms with Crippen LogP contribution < -0.4 is 5.32 Å². The minimum Gasteiger partial charge on any atom is -0.359 e. The van der Waals surface area contributed by atoms with Crippen LogP contribution in [-0.4, -0.2) is 36.9 Å². The molecule has 1 N–H and O–H groups in total. The van der Waals surface area contributed by atoms with Crippen molar-refractivity contribution in [2.24, 2.45) is 5.92 Å². The highest BCUT2D eigenvalue weighted by atomic mass is 35.5. The molecule has 1 fully saturated rings. The van der Waals surface area contributed by atoms with Gasteiger partial charge in [-0.15, -0.1) is 11.3 Å². The molecule has 1 aromatic heterocycles. The molecule has 0 radical (unpaired) electrons. The normalized spacial score (nSPS) is 17.4. The number of thiophene rings is 1. The van der Waals surface area contributed by atoms with Crippen LogP contribution in [0.4, 0.5) is 0 Å². The van der Waals surface area contributed by atoms with E-state index in [-0.39, 0.29) is 17.7 Å². The van der Waals surface area contributed by atoms with Crippen LogP contribution in [-0.2, 0) is 4.79 Å². The number of carbonyl (C=O) groups excluding carboxylic acids is 2. The van der Waals surface area contributed by atoms with Crippen LogP contribution in [0.2, 0.25) is 5.02 Å². The smallest absolute Gasteiger partial charge is 0.263 e. The molecule has 132 valence electrons. The standard InChI is InChI=1S/C19H21ClN2O2S/c1-12-9-16(25-17(12)13-5-3-7-15(20)10-13)19(24)22-8-4-6-14(11-22)18(23)21-2/h3,5,7,9-10,14H,4,6,8,11H2,1-2H3,(H,21,23). The quantitative estimate of drug-likeness (QED) is 0.880. The number of aryl methyl sites for hydroxylation is 1. The first-order valence-electron chi connectivity index (χ1n) is 8.37. The van der Waals surface area contributed by atoms with E-state index in [9.17, 15) is 9.59 Å². The Morgan fingerprint density at radius 1 is 1.32 bits per heavy atom. The van der Waals surface area contributed by atoms with E-state index in [1.54, 1.807) is 11.9 Å². The highest BCUT2D eigenvalue weighted by molar-refractivity contribution is 7.17. The van der Waals surface area contributed by atoms with Crippen molar-refractivity contribution in [3.8, 4) is 10.4 Å². The van der Waals surface area contributed by atoms with Gasteiger partial charge >= 0.3 is 0 Å². The highest BCUT2D eigenvalue weighted by Crippen LogP contribution is 2.34. The molecule has 2 amide bonds. The summed E-state index contributed by atoms with van der Waals surface area (Å²) in [4.78, 5) is 28.4. The van der Waals surface area contributed by atoms with E-state index in [4.69, 9.17) is 11.6 Å². The Hall–Kier alpha value is -1.85. The van der Waals surface area contributed by atoms with Gasteiger partial charge in [0.1, 0.15) is 0 Å². The maximum atomic E-state index is 12.9. The Balaban J connectivity index is 1.81. The van der Waals surface area contributed by atoms with Gasteiger partial charge in [-0.25, -0.2) is 0 Å². The van der Waals surface area contributed by atoms with Crippen molar-refractivity contribution in [1.82, 2.24) is 10.2 Å². The van der Waals surface area contributed by atoms with Gasteiger partial charge in [0.05, 0.1) is 10.8 Å². The van der Waals surface area contributed by atoms with Crippen molar-refractivity contribution in [1.29, 1.82) is 0 Å². The molecule has 1 aliphatic heterocycles. The number of carbonyl (C=O) groups is 2. The van der Waals surface area contributed by atoms with Crippen LogP contribution in [0.1, 0.15) is 28.1 Å². The van der Waals surface area contributed by atoms with Gasteiger partial charge in [0, 0.05) is 30.0 Å². The molecule has 0 saturated carbocycles. The minimum absolute atomic E-state index is 0.00924. The highest BCUT2D eigenvalue weighted by Gasteiger charge is 2.29. The number of amides is 2. The van der Waals surface area contributed by atoms with Gasteiger partial charge in [0.25, 0.3) is 5.91 Å². The van der Waals surface area contributed by atoms with Gasteiger partial charge in [-0.05, 0) is 49.1 Å². The largest absolute Gasteiger partial charge is 0.359 e. The van der Waals surface area contributed by atoms with E-state index in [1.165, 1.54) is 11.3 Å². The number of halogens is 1. The lowest BCUT2D eigenvalue weighted by molar-refractivity contribution is -0.125. The molecule has 1 unspecified atom stereocenters. The average Bonchev–Trinajstić information content (AvgIpc) is 3.02. The van der Waals surface area contributed by atoms with Gasteiger partial charge in [-0.1, -0.05) is 23.7 Å². The van der Waals surface area contributed by atoms with E-state index in [2.05, 4.69) is 5.32 Å². The monoisotopic (exact) mass is 376 g/mol. The number of likely N-dealkylation sites (tertiary alicyclic amines) is 1. The van der Waals surface area contributed by atoms with Gasteiger partial charge < -0.3 is 10.2 Å². The number of nitrogens with zero attached hydrogens (tertiary/aromatic N) is 1. The van der Waals surface area contributed by atoms with E-state index < -0.39 is 0 Å². The summed E-state index contributed by atoms with van der Waals surface area (Å²) in [7, 11) is 1.64. The Morgan fingerprint density at radius 2 is 2.12 bits per heavy atom. The second-order valence-corrected chi connectivity index (χ2v) is 7.83. The first kappa shape index (κ1) is 18.0. The van der Waals surface area contributed by atoms with E-state index in [0.717, 1.165) is 28.8 Å². The van der Waals surface area contributed by atoms with Gasteiger partial charge in [0.15, 0.2) is 0 Å². The molecule has 1 saturated heterocycles. The summed E-state index contributed by atoms with van der Waals surface area (Å²) < 4.78 is 0. The lowest BCUT2D eigenvalue weighted by atomic mass is 9.97. The third-order valence-electron chi connectivity index (χ3n) is 4.54. The second kappa shape index (κ2) is 7.58. The molecule has 2 aromatic rings. The molecule has 1 atom stereocenters. The Bertz CT molecular complexity index is 802. The van der Waals surface area contributed by atoms with Crippen molar-refractivity contribution in [3.63, 3.8) is 0 Å². The van der Waals surface area contributed by atoms with Crippen molar-refractivity contribution < 1.29 is 9.59 Å². The molecule has 0 aliphatic carbocycles. The fourth-order valence-electron chi connectivity index (χ4n) is 3.24. The number of hydrogen-bond donors (Lipinski definition) is 1. The molecule has 1 aliphatic rings. The molecule has 6 heteroatoms. The lowest BCUT2D eigenvalue weighted by Crippen LogP contribution is -2.44. The average molecular weight is 377 g/mol. The maximum absolute atomic E-state index is 12.9. The summed E-state index contributed by atoms with van der Waals surface area (Å²) >= 11 is 7.58. The minimum atomic E-state index is -0.115. The molecule has 3 rings (SSSR count). The fraction of sp³-hybridized carbons (Fsp3) is 0.368. The van der Waals surface area contributed by atoms with Crippen LogP contribution in [0.5, 0.6) is 0 Å². The fourth-order valence-corrected chi connectivity index (χ4v) is 4.57. The summed E-state index contributed by atoms with van der Waals surface area (Å²) in [6.45, 7) is 3.20.